The van der Waals surface area contributed by atoms with Gasteiger partial charge in [-0.15, -0.1) is 12.6 Å². The van der Waals surface area contributed by atoms with Gasteiger partial charge in [0.05, 0.1) is 4.92 Å². The van der Waals surface area contributed by atoms with Crippen LogP contribution in [-0.4, -0.2) is 4.92 Å². The van der Waals surface area contributed by atoms with E-state index in [1.54, 1.807) is 0 Å². The largest absolute Gasteiger partial charge is 0.271 e. The lowest BCUT2D eigenvalue weighted by molar-refractivity contribution is -0.385. The van der Waals surface area contributed by atoms with Crippen LogP contribution in [0.5, 0.6) is 0 Å². The highest BCUT2D eigenvalue weighted by molar-refractivity contribution is 14.1. The lowest BCUT2D eigenvalue weighted by Crippen LogP contribution is -1.89. The zero-order chi connectivity index (χ0) is 9.30. The van der Waals surface area contributed by atoms with Gasteiger partial charge in [-0.3, -0.25) is 10.1 Å². The monoisotopic (exact) mass is 359 g/mol. The Hall–Kier alpha value is 0.180. The van der Waals surface area contributed by atoms with Gasteiger partial charge in [-0.1, -0.05) is 0 Å². The topological polar surface area (TPSA) is 43.1 Å². The molecule has 3 nitrogen and oxygen atoms in total. The second kappa shape index (κ2) is 3.93. The predicted octanol–water partition coefficient (Wildman–Crippen LogP) is 3.25. The molecular weight excluding hydrogens is 357 g/mol. The molecule has 0 amide bonds. The fourth-order valence-corrected chi connectivity index (χ4v) is 1.97. The van der Waals surface area contributed by atoms with Crippen molar-refractivity contribution in [2.75, 3.05) is 0 Å². The molecule has 0 bridgehead atoms. The van der Waals surface area contributed by atoms with E-state index in [1.165, 1.54) is 12.1 Å². The predicted molar refractivity (Wildman–Crippen MR) is 60.8 cm³/mol. The minimum Gasteiger partial charge on any atom is -0.258 e. The smallest absolute Gasteiger partial charge is 0.258 e. The van der Waals surface area contributed by atoms with Crippen LogP contribution in [0, 0.1) is 13.7 Å². The van der Waals surface area contributed by atoms with Crippen molar-refractivity contribution in [1.29, 1.82) is 0 Å². The van der Waals surface area contributed by atoms with Crippen molar-refractivity contribution in [1.82, 2.24) is 0 Å². The number of hydrogen-bond donors (Lipinski definition) is 1. The SMILES string of the molecule is O=[N+]([O-])c1cc(S)c(Br)c(I)c1. The zero-order valence-corrected chi connectivity index (χ0v) is 10.3. The van der Waals surface area contributed by atoms with Crippen LogP contribution in [-0.2, 0) is 0 Å². The number of hydrogen-bond acceptors (Lipinski definition) is 3. The van der Waals surface area contributed by atoms with Gasteiger partial charge >= 0.3 is 0 Å². The van der Waals surface area contributed by atoms with E-state index in [0.717, 1.165) is 8.04 Å². The third kappa shape index (κ3) is 2.11. The summed E-state index contributed by atoms with van der Waals surface area (Å²) in [5.74, 6) is 0. The van der Waals surface area contributed by atoms with Crippen LogP contribution >= 0.6 is 51.1 Å². The summed E-state index contributed by atoms with van der Waals surface area (Å²) >= 11 is 9.34. The molecule has 1 aromatic carbocycles. The van der Waals surface area contributed by atoms with Crippen molar-refractivity contribution in [2.45, 2.75) is 4.90 Å². The molecule has 0 saturated heterocycles. The molecule has 0 spiro atoms. The molecule has 0 aliphatic rings. The van der Waals surface area contributed by atoms with Crippen molar-refractivity contribution in [2.24, 2.45) is 0 Å². The molecule has 0 aliphatic carbocycles. The third-order valence-electron chi connectivity index (χ3n) is 1.20. The fraction of sp³-hybridized carbons (Fsp3) is 0. The summed E-state index contributed by atoms with van der Waals surface area (Å²) in [5, 5.41) is 10.4. The van der Waals surface area contributed by atoms with Gasteiger partial charge in [0.1, 0.15) is 0 Å². The molecule has 1 rings (SSSR count). The van der Waals surface area contributed by atoms with Gasteiger partial charge in [0.15, 0.2) is 0 Å². The second-order valence-electron chi connectivity index (χ2n) is 2.02. The van der Waals surface area contributed by atoms with Crippen molar-refractivity contribution >= 4 is 56.8 Å². The Morgan fingerprint density at radius 3 is 2.58 bits per heavy atom. The lowest BCUT2D eigenvalue weighted by Gasteiger charge is -1.99. The molecule has 0 fully saturated rings. The van der Waals surface area contributed by atoms with Crippen LogP contribution in [0.15, 0.2) is 21.5 Å². The maximum absolute atomic E-state index is 10.4. The first-order chi connectivity index (χ1) is 5.52. The molecule has 0 unspecified atom stereocenters. The summed E-state index contributed by atoms with van der Waals surface area (Å²) in [6, 6.07) is 2.90. The average molecular weight is 360 g/mol. The molecule has 0 atom stereocenters. The Labute approximate surface area is 96.4 Å². The van der Waals surface area contributed by atoms with Crippen molar-refractivity contribution in [3.8, 4) is 0 Å². The molecular formula is C6H3BrINO2S. The summed E-state index contributed by atoms with van der Waals surface area (Å²) in [7, 11) is 0. The normalized spacial score (nSPS) is 9.92. The first-order valence-electron chi connectivity index (χ1n) is 2.85. The number of nitrogens with zero attached hydrogens (tertiary/aromatic N) is 1. The Balaban J connectivity index is 3.31. The Morgan fingerprint density at radius 2 is 2.17 bits per heavy atom. The number of halogens is 2. The number of rotatable bonds is 1. The van der Waals surface area contributed by atoms with Crippen LogP contribution in [0.4, 0.5) is 5.69 Å². The Morgan fingerprint density at radius 1 is 1.58 bits per heavy atom. The molecule has 1 aromatic rings. The fourth-order valence-electron chi connectivity index (χ4n) is 0.666. The summed E-state index contributed by atoms with van der Waals surface area (Å²) in [5.41, 5.74) is 0.0626. The number of thiol groups is 1. The zero-order valence-electron chi connectivity index (χ0n) is 5.62. The van der Waals surface area contributed by atoms with Gasteiger partial charge in [-0.25, -0.2) is 0 Å². The summed E-state index contributed by atoms with van der Waals surface area (Å²) < 4.78 is 1.57. The van der Waals surface area contributed by atoms with Crippen molar-refractivity contribution < 1.29 is 4.92 Å². The highest BCUT2D eigenvalue weighted by Crippen LogP contribution is 2.30. The van der Waals surface area contributed by atoms with E-state index in [0.29, 0.717) is 4.90 Å². The molecule has 0 N–H and O–H groups in total. The minimum absolute atomic E-state index is 0.0626. The van der Waals surface area contributed by atoms with Crippen LogP contribution in [0.25, 0.3) is 0 Å². The van der Waals surface area contributed by atoms with E-state index in [9.17, 15) is 10.1 Å². The van der Waals surface area contributed by atoms with Gasteiger partial charge in [0.25, 0.3) is 5.69 Å². The Bertz CT molecular complexity index is 321. The van der Waals surface area contributed by atoms with E-state index in [1.807, 2.05) is 22.6 Å². The van der Waals surface area contributed by atoms with Crippen molar-refractivity contribution in [3.05, 3.63) is 30.3 Å². The second-order valence-corrected chi connectivity index (χ2v) is 4.45. The van der Waals surface area contributed by atoms with E-state index < -0.39 is 4.92 Å². The van der Waals surface area contributed by atoms with Crippen LogP contribution in [0.3, 0.4) is 0 Å². The summed E-state index contributed by atoms with van der Waals surface area (Å²) in [6.45, 7) is 0. The summed E-state index contributed by atoms with van der Waals surface area (Å²) in [4.78, 5) is 10.5. The molecule has 0 aromatic heterocycles. The molecule has 64 valence electrons. The van der Waals surface area contributed by atoms with E-state index in [-0.39, 0.29) is 5.69 Å². The van der Waals surface area contributed by atoms with Crippen molar-refractivity contribution in [3.63, 3.8) is 0 Å². The molecule has 0 radical (unpaired) electrons. The number of non-ortho nitro benzene ring substituents is 1. The van der Waals surface area contributed by atoms with E-state index in [2.05, 4.69) is 28.6 Å². The number of benzene rings is 1. The maximum Gasteiger partial charge on any atom is 0.271 e. The molecule has 0 heterocycles. The van der Waals surface area contributed by atoms with Gasteiger partial charge in [0.2, 0.25) is 0 Å². The van der Waals surface area contributed by atoms with E-state index in [4.69, 9.17) is 0 Å². The molecule has 0 saturated carbocycles. The number of nitro benzene ring substituents is 1. The average Bonchev–Trinajstić information content (AvgIpc) is 1.99. The third-order valence-corrected chi connectivity index (χ3v) is 4.31. The highest BCUT2D eigenvalue weighted by Gasteiger charge is 2.10. The maximum atomic E-state index is 10.4. The van der Waals surface area contributed by atoms with Gasteiger partial charge in [-0.2, -0.15) is 0 Å². The molecule has 6 heteroatoms. The standard InChI is InChI=1S/C6H3BrINO2S/c7-6-4(8)1-3(9(10)11)2-5(6)12/h1-2,12H. The van der Waals surface area contributed by atoms with Gasteiger partial charge in [0, 0.05) is 25.1 Å². The van der Waals surface area contributed by atoms with Crippen LogP contribution < -0.4 is 0 Å². The van der Waals surface area contributed by atoms with E-state index >= 15 is 0 Å². The first kappa shape index (κ1) is 10.3. The molecule has 0 aliphatic heterocycles. The van der Waals surface area contributed by atoms with Crippen LogP contribution in [0.1, 0.15) is 0 Å². The first-order valence-corrected chi connectivity index (χ1v) is 5.16. The van der Waals surface area contributed by atoms with Gasteiger partial charge in [-0.05, 0) is 38.5 Å². The highest BCUT2D eigenvalue weighted by atomic mass is 127. The van der Waals surface area contributed by atoms with Gasteiger partial charge < -0.3 is 0 Å². The Kier molecular flexibility index (Phi) is 3.36. The summed E-state index contributed by atoms with van der Waals surface area (Å²) in [6.07, 6.45) is 0. The molecule has 12 heavy (non-hydrogen) atoms. The quantitative estimate of drug-likeness (QED) is 0.362. The number of nitro groups is 1. The minimum atomic E-state index is -0.436. The van der Waals surface area contributed by atoms with Crippen LogP contribution in [0.2, 0.25) is 0 Å². The lowest BCUT2D eigenvalue weighted by atomic mass is 10.3.